The van der Waals surface area contributed by atoms with Gasteiger partial charge in [0.1, 0.15) is 0 Å². The van der Waals surface area contributed by atoms with Crippen LogP contribution in [0.3, 0.4) is 0 Å². The number of rotatable bonds is 14. The molecule has 0 heterocycles. The fraction of sp³-hybridized carbons (Fsp3) is 0.556. The van der Waals surface area contributed by atoms with Crippen LogP contribution in [-0.2, 0) is 25.6 Å². The van der Waals surface area contributed by atoms with Crippen LogP contribution in [0.15, 0.2) is 30.8 Å². The van der Waals surface area contributed by atoms with E-state index in [1.807, 2.05) is 6.92 Å². The molecular formula is C18H28O5. The van der Waals surface area contributed by atoms with Crippen molar-refractivity contribution in [3.63, 3.8) is 0 Å². The maximum Gasteiger partial charge on any atom is 0.0718 e. The molecule has 0 saturated heterocycles. The van der Waals surface area contributed by atoms with Crippen LogP contribution in [0.5, 0.6) is 0 Å². The third-order valence-electron chi connectivity index (χ3n) is 3.07. The molecule has 1 N–H and O–H groups in total. The zero-order valence-corrected chi connectivity index (χ0v) is 14.0. The lowest BCUT2D eigenvalue weighted by molar-refractivity contribution is -0.00743. The van der Waals surface area contributed by atoms with Crippen molar-refractivity contribution < 1.29 is 24.1 Å². The highest BCUT2D eigenvalue weighted by molar-refractivity contribution is 5.61. The Balaban J connectivity index is 1.90. The Kier molecular flexibility index (Phi) is 11.4. The Hall–Kier alpha value is -1.24. The number of hydrogen-bond donors (Lipinski definition) is 1. The molecule has 1 aromatic carbocycles. The van der Waals surface area contributed by atoms with Gasteiger partial charge in [0.05, 0.1) is 59.5 Å². The SMILES string of the molecule is C=C(C)c1ccc(COCCOCCOCCOCCO)cc1. The first-order chi connectivity index (χ1) is 11.2. The predicted octanol–water partition coefficient (Wildman–Crippen LogP) is 2.28. The van der Waals surface area contributed by atoms with Gasteiger partial charge < -0.3 is 24.1 Å². The minimum atomic E-state index is 0.0428. The largest absolute Gasteiger partial charge is 0.394 e. The smallest absolute Gasteiger partial charge is 0.0718 e. The summed E-state index contributed by atoms with van der Waals surface area (Å²) in [4.78, 5) is 0. The average molecular weight is 324 g/mol. The van der Waals surface area contributed by atoms with Crippen LogP contribution >= 0.6 is 0 Å². The molecule has 130 valence electrons. The van der Waals surface area contributed by atoms with Gasteiger partial charge in [-0.2, -0.15) is 0 Å². The Morgan fingerprint density at radius 3 is 1.78 bits per heavy atom. The van der Waals surface area contributed by atoms with Crippen molar-refractivity contribution in [1.82, 2.24) is 0 Å². The lowest BCUT2D eigenvalue weighted by Crippen LogP contribution is -2.12. The molecule has 0 fully saturated rings. The van der Waals surface area contributed by atoms with Crippen molar-refractivity contribution >= 4 is 5.57 Å². The normalized spacial score (nSPS) is 10.9. The van der Waals surface area contributed by atoms with Gasteiger partial charge in [-0.1, -0.05) is 36.4 Å². The van der Waals surface area contributed by atoms with E-state index >= 15 is 0 Å². The maximum atomic E-state index is 8.52. The van der Waals surface area contributed by atoms with Gasteiger partial charge in [-0.25, -0.2) is 0 Å². The van der Waals surface area contributed by atoms with Crippen LogP contribution in [0.25, 0.3) is 5.57 Å². The molecule has 0 aromatic heterocycles. The summed E-state index contributed by atoms with van der Waals surface area (Å²) in [6.45, 7) is 10.1. The Labute approximate surface area is 138 Å². The number of aliphatic hydroxyl groups is 1. The lowest BCUT2D eigenvalue weighted by atomic mass is 10.1. The van der Waals surface area contributed by atoms with Crippen molar-refractivity contribution in [2.75, 3.05) is 52.9 Å². The number of ether oxygens (including phenoxy) is 4. The average Bonchev–Trinajstić information content (AvgIpc) is 2.56. The molecule has 0 aliphatic rings. The summed E-state index contributed by atoms with van der Waals surface area (Å²) in [7, 11) is 0. The quantitative estimate of drug-likeness (QED) is 0.532. The van der Waals surface area contributed by atoms with E-state index in [1.165, 1.54) is 0 Å². The second kappa shape index (κ2) is 13.2. The molecule has 0 spiro atoms. The molecule has 23 heavy (non-hydrogen) atoms. The summed E-state index contributed by atoms with van der Waals surface area (Å²) in [6.07, 6.45) is 0. The van der Waals surface area contributed by atoms with Gasteiger partial charge >= 0.3 is 0 Å². The molecular weight excluding hydrogens is 296 g/mol. The molecule has 1 aromatic rings. The van der Waals surface area contributed by atoms with Gasteiger partial charge in [-0.05, 0) is 18.1 Å². The summed E-state index contributed by atoms with van der Waals surface area (Å²) < 4.78 is 21.3. The second-order valence-corrected chi connectivity index (χ2v) is 5.09. The zero-order valence-electron chi connectivity index (χ0n) is 14.0. The molecule has 5 heteroatoms. The number of aliphatic hydroxyl groups excluding tert-OH is 1. The molecule has 1 rings (SSSR count). The zero-order chi connectivity index (χ0) is 16.8. The maximum absolute atomic E-state index is 8.52. The Morgan fingerprint density at radius 1 is 0.826 bits per heavy atom. The molecule has 0 bridgehead atoms. The Bertz CT molecular complexity index is 416. The van der Waals surface area contributed by atoms with E-state index < -0.39 is 0 Å². The van der Waals surface area contributed by atoms with Crippen molar-refractivity contribution in [3.8, 4) is 0 Å². The lowest BCUT2D eigenvalue weighted by Gasteiger charge is -2.08. The third-order valence-corrected chi connectivity index (χ3v) is 3.07. The molecule has 0 saturated carbocycles. The van der Waals surface area contributed by atoms with E-state index in [2.05, 4.69) is 30.8 Å². The summed E-state index contributed by atoms with van der Waals surface area (Å²) in [5, 5.41) is 8.52. The highest BCUT2D eigenvalue weighted by atomic mass is 16.6. The number of hydrogen-bond acceptors (Lipinski definition) is 5. The first-order valence-corrected chi connectivity index (χ1v) is 7.90. The van der Waals surface area contributed by atoms with Crippen molar-refractivity contribution in [1.29, 1.82) is 0 Å². The monoisotopic (exact) mass is 324 g/mol. The van der Waals surface area contributed by atoms with Crippen LogP contribution in [-0.4, -0.2) is 58.0 Å². The number of allylic oxidation sites excluding steroid dienone is 1. The minimum absolute atomic E-state index is 0.0428. The van der Waals surface area contributed by atoms with Gasteiger partial charge in [0.25, 0.3) is 0 Å². The van der Waals surface area contributed by atoms with Crippen molar-refractivity contribution in [2.24, 2.45) is 0 Å². The predicted molar refractivity (Wildman–Crippen MR) is 90.3 cm³/mol. The van der Waals surface area contributed by atoms with Crippen LogP contribution in [0.2, 0.25) is 0 Å². The van der Waals surface area contributed by atoms with Crippen LogP contribution in [0.1, 0.15) is 18.1 Å². The molecule has 5 nitrogen and oxygen atoms in total. The van der Waals surface area contributed by atoms with Crippen LogP contribution in [0, 0.1) is 0 Å². The highest BCUT2D eigenvalue weighted by Crippen LogP contribution is 2.12. The molecule has 0 radical (unpaired) electrons. The second-order valence-electron chi connectivity index (χ2n) is 5.09. The van der Waals surface area contributed by atoms with E-state index in [4.69, 9.17) is 24.1 Å². The van der Waals surface area contributed by atoms with Crippen molar-refractivity contribution in [2.45, 2.75) is 13.5 Å². The van der Waals surface area contributed by atoms with Gasteiger partial charge in [0.2, 0.25) is 0 Å². The summed E-state index contributed by atoms with van der Waals surface area (Å²) in [5.41, 5.74) is 3.35. The first-order valence-electron chi connectivity index (χ1n) is 7.90. The Morgan fingerprint density at radius 2 is 1.30 bits per heavy atom. The van der Waals surface area contributed by atoms with Crippen LogP contribution < -0.4 is 0 Å². The molecule has 0 aliphatic carbocycles. The van der Waals surface area contributed by atoms with E-state index in [-0.39, 0.29) is 6.61 Å². The van der Waals surface area contributed by atoms with Gasteiger partial charge in [-0.15, -0.1) is 0 Å². The van der Waals surface area contributed by atoms with E-state index in [9.17, 15) is 0 Å². The molecule has 0 aliphatic heterocycles. The molecule has 0 amide bonds. The summed E-state index contributed by atoms with van der Waals surface area (Å²) in [6, 6.07) is 8.22. The fourth-order valence-corrected chi connectivity index (χ4v) is 1.80. The van der Waals surface area contributed by atoms with E-state index in [0.717, 1.165) is 16.7 Å². The first kappa shape index (κ1) is 19.8. The third kappa shape index (κ3) is 10.2. The van der Waals surface area contributed by atoms with Gasteiger partial charge in [-0.3, -0.25) is 0 Å². The van der Waals surface area contributed by atoms with Gasteiger partial charge in [0.15, 0.2) is 0 Å². The van der Waals surface area contributed by atoms with Crippen LogP contribution in [0.4, 0.5) is 0 Å². The number of benzene rings is 1. The summed E-state index contributed by atoms with van der Waals surface area (Å²) >= 11 is 0. The van der Waals surface area contributed by atoms with Crippen molar-refractivity contribution in [3.05, 3.63) is 42.0 Å². The van der Waals surface area contributed by atoms with Gasteiger partial charge in [0, 0.05) is 0 Å². The van der Waals surface area contributed by atoms with E-state index in [1.54, 1.807) is 0 Å². The van der Waals surface area contributed by atoms with E-state index in [0.29, 0.717) is 52.9 Å². The topological polar surface area (TPSA) is 57.2 Å². The minimum Gasteiger partial charge on any atom is -0.394 e. The molecule has 0 atom stereocenters. The standard InChI is InChI=1S/C18H28O5/c1-16(2)18-5-3-17(4-6-18)15-23-14-13-22-12-11-21-10-9-20-8-7-19/h3-6,19H,1,7-15H2,2H3. The molecule has 0 unspecified atom stereocenters. The summed E-state index contributed by atoms with van der Waals surface area (Å²) in [5.74, 6) is 0. The fourth-order valence-electron chi connectivity index (χ4n) is 1.80. The highest BCUT2D eigenvalue weighted by Gasteiger charge is 1.96.